The Labute approximate surface area is 129 Å². The van der Waals surface area contributed by atoms with E-state index in [2.05, 4.69) is 10.3 Å². The Morgan fingerprint density at radius 2 is 1.68 bits per heavy atom. The molecule has 4 aliphatic rings. The summed E-state index contributed by atoms with van der Waals surface area (Å²) in [5.74, 6) is 1.73. The number of rotatable bonds is 3. The fourth-order valence-electron chi connectivity index (χ4n) is 5.25. The van der Waals surface area contributed by atoms with Gasteiger partial charge in [-0.2, -0.15) is 0 Å². The second kappa shape index (κ2) is 4.80. The third-order valence-electron chi connectivity index (χ3n) is 5.70. The van der Waals surface area contributed by atoms with E-state index < -0.39 is 5.91 Å². The molecular weight excluding hydrogens is 278 g/mol. The van der Waals surface area contributed by atoms with E-state index in [0.29, 0.717) is 5.56 Å². The van der Waals surface area contributed by atoms with E-state index in [1.54, 1.807) is 6.07 Å². The molecule has 116 valence electrons. The van der Waals surface area contributed by atoms with E-state index in [0.717, 1.165) is 37.0 Å². The first-order valence-corrected chi connectivity index (χ1v) is 8.11. The van der Waals surface area contributed by atoms with Gasteiger partial charge in [-0.3, -0.25) is 14.6 Å². The minimum Gasteiger partial charge on any atom is -0.364 e. The lowest BCUT2D eigenvalue weighted by atomic mass is 9.53. The number of hydrogen-bond acceptors (Lipinski definition) is 3. The van der Waals surface area contributed by atoms with Crippen molar-refractivity contribution in [3.63, 3.8) is 0 Å². The standard InChI is InChI=1S/C17H21N3O2/c18-15(21)14-2-1-13(9-19-14)16(22)20-17-6-10-3-11(7-17)5-12(4-10)8-17/h1-2,9-12H,3-8H2,(H2,18,21)(H,20,22). The zero-order valence-corrected chi connectivity index (χ0v) is 12.5. The second-order valence-corrected chi connectivity index (χ2v) is 7.45. The largest absolute Gasteiger partial charge is 0.364 e. The number of pyridine rings is 1. The van der Waals surface area contributed by atoms with Crippen LogP contribution in [0.5, 0.6) is 0 Å². The Hall–Kier alpha value is -1.91. The molecular formula is C17H21N3O2. The summed E-state index contributed by atoms with van der Waals surface area (Å²) >= 11 is 0. The fraction of sp³-hybridized carbons (Fsp3) is 0.588. The number of primary amides is 1. The van der Waals surface area contributed by atoms with E-state index in [9.17, 15) is 9.59 Å². The lowest BCUT2D eigenvalue weighted by molar-refractivity contribution is -0.0167. The molecule has 2 amide bonds. The summed E-state index contributed by atoms with van der Waals surface area (Å²) in [7, 11) is 0. The third-order valence-corrected chi connectivity index (χ3v) is 5.70. The molecule has 4 aliphatic carbocycles. The van der Waals surface area contributed by atoms with Crippen LogP contribution in [0.1, 0.15) is 59.4 Å². The smallest absolute Gasteiger partial charge is 0.267 e. The molecule has 0 saturated heterocycles. The highest BCUT2D eigenvalue weighted by molar-refractivity contribution is 5.96. The highest BCUT2D eigenvalue weighted by Crippen LogP contribution is 2.55. The van der Waals surface area contributed by atoms with Gasteiger partial charge in [0.25, 0.3) is 11.8 Å². The highest BCUT2D eigenvalue weighted by Gasteiger charge is 2.51. The van der Waals surface area contributed by atoms with E-state index in [1.807, 2.05) is 0 Å². The number of aromatic nitrogens is 1. The summed E-state index contributed by atoms with van der Waals surface area (Å²) in [4.78, 5) is 27.5. The molecule has 1 heterocycles. The topological polar surface area (TPSA) is 85.1 Å². The van der Waals surface area contributed by atoms with Gasteiger partial charge in [-0.25, -0.2) is 0 Å². The first kappa shape index (κ1) is 13.7. The van der Waals surface area contributed by atoms with Crippen LogP contribution in [0.15, 0.2) is 18.3 Å². The molecule has 0 aromatic carbocycles. The first-order chi connectivity index (χ1) is 10.5. The van der Waals surface area contributed by atoms with E-state index in [4.69, 9.17) is 5.73 Å². The fourth-order valence-corrected chi connectivity index (χ4v) is 5.25. The molecule has 0 aliphatic heterocycles. The van der Waals surface area contributed by atoms with Crippen molar-refractivity contribution < 1.29 is 9.59 Å². The van der Waals surface area contributed by atoms with Crippen LogP contribution in [0.3, 0.4) is 0 Å². The Morgan fingerprint density at radius 1 is 1.09 bits per heavy atom. The molecule has 5 heteroatoms. The van der Waals surface area contributed by atoms with Gasteiger partial charge in [0.2, 0.25) is 0 Å². The van der Waals surface area contributed by atoms with Crippen LogP contribution in [-0.4, -0.2) is 22.3 Å². The number of nitrogens with two attached hydrogens (primary N) is 1. The Kier molecular flexibility index (Phi) is 2.99. The van der Waals surface area contributed by atoms with Crippen LogP contribution in [0, 0.1) is 17.8 Å². The normalized spacial score (nSPS) is 35.4. The minimum absolute atomic E-state index is 0.00576. The van der Waals surface area contributed by atoms with E-state index in [-0.39, 0.29) is 17.1 Å². The van der Waals surface area contributed by atoms with E-state index >= 15 is 0 Å². The first-order valence-electron chi connectivity index (χ1n) is 8.11. The third kappa shape index (κ3) is 2.28. The summed E-state index contributed by atoms with van der Waals surface area (Å²) in [5, 5.41) is 3.29. The van der Waals surface area contributed by atoms with Crippen molar-refractivity contribution in [1.29, 1.82) is 0 Å². The van der Waals surface area contributed by atoms with Crippen molar-refractivity contribution in [3.8, 4) is 0 Å². The molecule has 0 radical (unpaired) electrons. The Morgan fingerprint density at radius 3 is 2.14 bits per heavy atom. The van der Waals surface area contributed by atoms with Crippen molar-refractivity contribution in [2.45, 2.75) is 44.1 Å². The van der Waals surface area contributed by atoms with Gasteiger partial charge in [-0.1, -0.05) is 0 Å². The zero-order valence-electron chi connectivity index (χ0n) is 12.5. The predicted molar refractivity (Wildman–Crippen MR) is 81.1 cm³/mol. The summed E-state index contributed by atoms with van der Waals surface area (Å²) in [6.07, 6.45) is 8.86. The van der Waals surface area contributed by atoms with Gasteiger partial charge in [0.15, 0.2) is 0 Å². The van der Waals surface area contributed by atoms with Crippen LogP contribution < -0.4 is 11.1 Å². The second-order valence-electron chi connectivity index (χ2n) is 7.45. The van der Waals surface area contributed by atoms with Crippen molar-refractivity contribution >= 4 is 11.8 Å². The number of nitrogens with zero attached hydrogens (tertiary/aromatic N) is 1. The van der Waals surface area contributed by atoms with Gasteiger partial charge in [-0.15, -0.1) is 0 Å². The molecule has 4 fully saturated rings. The van der Waals surface area contributed by atoms with Crippen LogP contribution in [-0.2, 0) is 0 Å². The molecule has 0 unspecified atom stereocenters. The molecule has 0 spiro atoms. The van der Waals surface area contributed by atoms with Gasteiger partial charge in [0, 0.05) is 11.7 Å². The molecule has 1 aromatic rings. The summed E-state index contributed by atoms with van der Waals surface area (Å²) in [6.45, 7) is 0. The van der Waals surface area contributed by atoms with Crippen LogP contribution in [0.4, 0.5) is 0 Å². The summed E-state index contributed by atoms with van der Waals surface area (Å²) in [5.41, 5.74) is 5.85. The number of carbonyl (C=O) groups excluding carboxylic acids is 2. The number of amides is 2. The molecule has 1 aromatic heterocycles. The number of carbonyl (C=O) groups is 2. The lowest BCUT2D eigenvalue weighted by Gasteiger charge is -2.56. The van der Waals surface area contributed by atoms with Gasteiger partial charge in [0.1, 0.15) is 5.69 Å². The molecule has 3 N–H and O–H groups in total. The maximum Gasteiger partial charge on any atom is 0.267 e. The minimum atomic E-state index is -0.576. The molecule has 22 heavy (non-hydrogen) atoms. The van der Waals surface area contributed by atoms with Gasteiger partial charge in [0.05, 0.1) is 5.56 Å². The average Bonchev–Trinajstić information content (AvgIpc) is 2.45. The quantitative estimate of drug-likeness (QED) is 0.893. The molecule has 0 atom stereocenters. The highest BCUT2D eigenvalue weighted by atomic mass is 16.2. The average molecular weight is 299 g/mol. The zero-order chi connectivity index (χ0) is 15.3. The van der Waals surface area contributed by atoms with Crippen molar-refractivity contribution in [1.82, 2.24) is 10.3 Å². The summed E-state index contributed by atoms with van der Waals surface area (Å²) in [6, 6.07) is 3.14. The molecule has 5 nitrogen and oxygen atoms in total. The van der Waals surface area contributed by atoms with Crippen LogP contribution in [0.2, 0.25) is 0 Å². The van der Waals surface area contributed by atoms with Crippen molar-refractivity contribution in [3.05, 3.63) is 29.6 Å². The lowest BCUT2D eigenvalue weighted by Crippen LogP contribution is -2.59. The van der Waals surface area contributed by atoms with Gasteiger partial charge < -0.3 is 11.1 Å². The predicted octanol–water partition coefficient (Wildman–Crippen LogP) is 1.88. The number of nitrogens with one attached hydrogen (secondary N) is 1. The SMILES string of the molecule is NC(=O)c1ccc(C(=O)NC23CC4CC(CC(C4)C2)C3)cn1. The Balaban J connectivity index is 1.51. The van der Waals surface area contributed by atoms with E-state index in [1.165, 1.54) is 31.5 Å². The van der Waals surface area contributed by atoms with Crippen LogP contribution >= 0.6 is 0 Å². The molecule has 5 rings (SSSR count). The number of hydrogen-bond donors (Lipinski definition) is 2. The monoisotopic (exact) mass is 299 g/mol. The maximum atomic E-state index is 12.5. The maximum absolute atomic E-state index is 12.5. The Bertz CT molecular complexity index is 588. The van der Waals surface area contributed by atoms with Gasteiger partial charge >= 0.3 is 0 Å². The van der Waals surface area contributed by atoms with Crippen LogP contribution in [0.25, 0.3) is 0 Å². The molecule has 4 bridgehead atoms. The molecule has 4 saturated carbocycles. The van der Waals surface area contributed by atoms with Crippen molar-refractivity contribution in [2.24, 2.45) is 23.5 Å². The van der Waals surface area contributed by atoms with Crippen molar-refractivity contribution in [2.75, 3.05) is 0 Å². The summed E-state index contributed by atoms with van der Waals surface area (Å²) < 4.78 is 0. The van der Waals surface area contributed by atoms with Gasteiger partial charge in [-0.05, 0) is 68.4 Å².